The second kappa shape index (κ2) is 6.25. The van der Waals surface area contributed by atoms with Crippen molar-refractivity contribution >= 4 is 5.91 Å². The topological polar surface area (TPSA) is 64.3 Å². The van der Waals surface area contributed by atoms with Crippen LogP contribution >= 0.6 is 0 Å². The van der Waals surface area contributed by atoms with Crippen molar-refractivity contribution in [2.75, 3.05) is 13.6 Å². The standard InChI is InChI=1S/C12H18N2O2/c1-9(7-14-2)16-8-10-4-3-5-11(6-10)12(13)15/h3-6,9,14H,7-8H2,1-2H3,(H2,13,15). The van der Waals surface area contributed by atoms with Crippen molar-refractivity contribution in [3.05, 3.63) is 35.4 Å². The van der Waals surface area contributed by atoms with Gasteiger partial charge >= 0.3 is 0 Å². The Morgan fingerprint density at radius 1 is 1.56 bits per heavy atom. The number of nitrogens with one attached hydrogen (secondary N) is 1. The number of carbonyl (C=O) groups excluding carboxylic acids is 1. The van der Waals surface area contributed by atoms with E-state index < -0.39 is 5.91 Å². The summed E-state index contributed by atoms with van der Waals surface area (Å²) in [6.45, 7) is 3.29. The first kappa shape index (κ1) is 12.7. The molecule has 1 aromatic rings. The van der Waals surface area contributed by atoms with Crippen molar-refractivity contribution in [1.29, 1.82) is 0 Å². The molecule has 16 heavy (non-hydrogen) atoms. The third-order valence-electron chi connectivity index (χ3n) is 2.24. The molecule has 1 atom stereocenters. The number of ether oxygens (including phenoxy) is 1. The second-order valence-corrected chi connectivity index (χ2v) is 3.74. The van der Waals surface area contributed by atoms with Crippen LogP contribution in [0.5, 0.6) is 0 Å². The van der Waals surface area contributed by atoms with Gasteiger partial charge in [-0.15, -0.1) is 0 Å². The van der Waals surface area contributed by atoms with Crippen molar-refractivity contribution in [3.63, 3.8) is 0 Å². The molecule has 1 aromatic carbocycles. The number of benzene rings is 1. The highest BCUT2D eigenvalue weighted by Crippen LogP contribution is 2.07. The molecule has 0 radical (unpaired) electrons. The van der Waals surface area contributed by atoms with Gasteiger partial charge in [0.1, 0.15) is 0 Å². The average molecular weight is 222 g/mol. The van der Waals surface area contributed by atoms with Gasteiger partial charge in [-0.2, -0.15) is 0 Å². The van der Waals surface area contributed by atoms with Gasteiger partial charge in [-0.1, -0.05) is 12.1 Å². The minimum absolute atomic E-state index is 0.141. The summed E-state index contributed by atoms with van der Waals surface area (Å²) in [6.07, 6.45) is 0.141. The Morgan fingerprint density at radius 2 is 2.31 bits per heavy atom. The lowest BCUT2D eigenvalue weighted by Crippen LogP contribution is -2.23. The zero-order valence-corrected chi connectivity index (χ0v) is 9.69. The minimum Gasteiger partial charge on any atom is -0.373 e. The van der Waals surface area contributed by atoms with Crippen molar-refractivity contribution < 1.29 is 9.53 Å². The predicted molar refractivity (Wildman–Crippen MR) is 63.1 cm³/mol. The summed E-state index contributed by atoms with van der Waals surface area (Å²) in [7, 11) is 1.88. The first-order chi connectivity index (χ1) is 7.63. The van der Waals surface area contributed by atoms with Crippen molar-refractivity contribution in [2.24, 2.45) is 5.73 Å². The summed E-state index contributed by atoms with van der Waals surface area (Å²) in [4.78, 5) is 11.0. The summed E-state index contributed by atoms with van der Waals surface area (Å²) in [6, 6.07) is 7.18. The van der Waals surface area contributed by atoms with E-state index in [-0.39, 0.29) is 6.10 Å². The quantitative estimate of drug-likeness (QED) is 0.752. The maximum atomic E-state index is 11.0. The molecule has 0 aliphatic heterocycles. The normalized spacial score (nSPS) is 12.4. The van der Waals surface area contributed by atoms with Gasteiger partial charge < -0.3 is 15.8 Å². The Bertz CT molecular complexity index is 353. The molecule has 0 aliphatic rings. The molecule has 1 rings (SSSR count). The third kappa shape index (κ3) is 4.00. The number of primary amides is 1. The van der Waals surface area contributed by atoms with Crippen LogP contribution in [0.2, 0.25) is 0 Å². The van der Waals surface area contributed by atoms with Crippen LogP contribution < -0.4 is 11.1 Å². The number of rotatable bonds is 6. The van der Waals surface area contributed by atoms with Gasteiger partial charge in [0.25, 0.3) is 0 Å². The first-order valence-electron chi connectivity index (χ1n) is 5.28. The third-order valence-corrected chi connectivity index (χ3v) is 2.24. The number of hydrogen-bond acceptors (Lipinski definition) is 3. The van der Waals surface area contributed by atoms with E-state index >= 15 is 0 Å². The molecule has 4 heteroatoms. The van der Waals surface area contributed by atoms with Crippen LogP contribution in [0.4, 0.5) is 0 Å². The smallest absolute Gasteiger partial charge is 0.248 e. The molecular weight excluding hydrogens is 204 g/mol. The zero-order valence-electron chi connectivity index (χ0n) is 9.69. The number of amides is 1. The molecule has 1 unspecified atom stereocenters. The Hall–Kier alpha value is -1.39. The summed E-state index contributed by atoms with van der Waals surface area (Å²) in [5.41, 5.74) is 6.67. The van der Waals surface area contributed by atoms with Crippen LogP contribution in [0.15, 0.2) is 24.3 Å². The molecule has 0 aliphatic carbocycles. The minimum atomic E-state index is -0.412. The van der Waals surface area contributed by atoms with E-state index in [0.717, 1.165) is 12.1 Å². The van der Waals surface area contributed by atoms with Crippen molar-refractivity contribution in [2.45, 2.75) is 19.6 Å². The molecule has 0 bridgehead atoms. The maximum Gasteiger partial charge on any atom is 0.248 e. The number of hydrogen-bond donors (Lipinski definition) is 2. The van der Waals surface area contributed by atoms with E-state index in [0.29, 0.717) is 12.2 Å². The maximum absolute atomic E-state index is 11.0. The van der Waals surface area contributed by atoms with Gasteiger partial charge in [0, 0.05) is 12.1 Å². The number of nitrogens with two attached hydrogens (primary N) is 1. The molecule has 0 fully saturated rings. The fourth-order valence-corrected chi connectivity index (χ4v) is 1.40. The molecule has 0 saturated carbocycles. The summed E-state index contributed by atoms with van der Waals surface area (Å²) >= 11 is 0. The lowest BCUT2D eigenvalue weighted by atomic mass is 10.1. The molecule has 0 heterocycles. The van der Waals surface area contributed by atoms with Gasteiger partial charge in [0.2, 0.25) is 5.91 Å². The molecule has 4 nitrogen and oxygen atoms in total. The van der Waals surface area contributed by atoms with E-state index in [9.17, 15) is 4.79 Å². The highest BCUT2D eigenvalue weighted by Gasteiger charge is 2.03. The summed E-state index contributed by atoms with van der Waals surface area (Å²) in [5, 5.41) is 3.03. The van der Waals surface area contributed by atoms with E-state index in [1.165, 1.54) is 0 Å². The summed E-state index contributed by atoms with van der Waals surface area (Å²) < 4.78 is 5.59. The van der Waals surface area contributed by atoms with Crippen LogP contribution in [0, 0.1) is 0 Å². The number of likely N-dealkylation sites (N-methyl/N-ethyl adjacent to an activating group) is 1. The van der Waals surface area contributed by atoms with Crippen LogP contribution in [0.3, 0.4) is 0 Å². The van der Waals surface area contributed by atoms with Gasteiger partial charge in [-0.05, 0) is 31.7 Å². The molecule has 3 N–H and O–H groups in total. The van der Waals surface area contributed by atoms with Crippen LogP contribution in [0.1, 0.15) is 22.8 Å². The molecule has 1 amide bonds. The van der Waals surface area contributed by atoms with Gasteiger partial charge in [-0.25, -0.2) is 0 Å². The Morgan fingerprint density at radius 3 is 2.94 bits per heavy atom. The van der Waals surface area contributed by atoms with E-state index in [4.69, 9.17) is 10.5 Å². The van der Waals surface area contributed by atoms with Gasteiger partial charge in [0.05, 0.1) is 12.7 Å². The van der Waals surface area contributed by atoms with Gasteiger partial charge in [-0.3, -0.25) is 4.79 Å². The molecule has 88 valence electrons. The number of carbonyl (C=O) groups is 1. The lowest BCUT2D eigenvalue weighted by Gasteiger charge is -2.12. The fraction of sp³-hybridized carbons (Fsp3) is 0.417. The first-order valence-corrected chi connectivity index (χ1v) is 5.28. The second-order valence-electron chi connectivity index (χ2n) is 3.74. The lowest BCUT2D eigenvalue weighted by molar-refractivity contribution is 0.0545. The molecule has 0 spiro atoms. The van der Waals surface area contributed by atoms with Gasteiger partial charge in [0.15, 0.2) is 0 Å². The monoisotopic (exact) mass is 222 g/mol. The molecular formula is C12H18N2O2. The van der Waals surface area contributed by atoms with Crippen LogP contribution in [-0.2, 0) is 11.3 Å². The van der Waals surface area contributed by atoms with E-state index in [2.05, 4.69) is 5.32 Å². The Labute approximate surface area is 95.8 Å². The van der Waals surface area contributed by atoms with E-state index in [1.54, 1.807) is 12.1 Å². The SMILES string of the molecule is CNCC(C)OCc1cccc(C(N)=O)c1. The van der Waals surface area contributed by atoms with E-state index in [1.807, 2.05) is 26.1 Å². The predicted octanol–water partition coefficient (Wildman–Crippen LogP) is 0.910. The highest BCUT2D eigenvalue weighted by molar-refractivity contribution is 5.92. The molecule has 0 aromatic heterocycles. The van der Waals surface area contributed by atoms with Crippen molar-refractivity contribution in [1.82, 2.24) is 5.32 Å². The molecule has 0 saturated heterocycles. The average Bonchev–Trinajstić information content (AvgIpc) is 2.27. The summed E-state index contributed by atoms with van der Waals surface area (Å²) in [5.74, 6) is -0.412. The fourth-order valence-electron chi connectivity index (χ4n) is 1.40. The van der Waals surface area contributed by atoms with Crippen molar-refractivity contribution in [3.8, 4) is 0 Å². The largest absolute Gasteiger partial charge is 0.373 e. The Kier molecular flexibility index (Phi) is 4.95. The van der Waals surface area contributed by atoms with Crippen LogP contribution in [-0.4, -0.2) is 25.6 Å². The van der Waals surface area contributed by atoms with Crippen LogP contribution in [0.25, 0.3) is 0 Å². The Balaban J connectivity index is 2.54. The zero-order chi connectivity index (χ0) is 12.0. The highest BCUT2D eigenvalue weighted by atomic mass is 16.5.